The molecule has 1 aliphatic heterocycles. The maximum Gasteiger partial charge on any atom is 0.133 e. The van der Waals surface area contributed by atoms with Gasteiger partial charge in [-0.1, -0.05) is 11.6 Å². The van der Waals surface area contributed by atoms with Crippen LogP contribution < -0.4 is 0 Å². The Morgan fingerprint density at radius 1 is 1.77 bits per heavy atom. The molecule has 2 rings (SSSR count). The zero-order valence-corrected chi connectivity index (χ0v) is 8.08. The summed E-state index contributed by atoms with van der Waals surface area (Å²) in [6.45, 7) is 0.865. The summed E-state index contributed by atoms with van der Waals surface area (Å²) in [5.41, 5.74) is -0.311. The van der Waals surface area contributed by atoms with Gasteiger partial charge in [0.05, 0.1) is 23.5 Å². The number of nitrogens with zero attached hydrogens (tertiary/aromatic N) is 2. The summed E-state index contributed by atoms with van der Waals surface area (Å²) in [6, 6.07) is 0. The van der Waals surface area contributed by atoms with Crippen LogP contribution in [0.3, 0.4) is 0 Å². The van der Waals surface area contributed by atoms with Gasteiger partial charge in [-0.2, -0.15) is 5.10 Å². The molecule has 1 unspecified atom stereocenters. The Morgan fingerprint density at radius 3 is 3.00 bits per heavy atom. The van der Waals surface area contributed by atoms with Crippen molar-refractivity contribution in [3.8, 4) is 0 Å². The Labute approximate surface area is 81.1 Å². The number of halogens is 1. The van der Waals surface area contributed by atoms with Crippen LogP contribution in [0, 0.1) is 0 Å². The van der Waals surface area contributed by atoms with Crippen LogP contribution in [0.25, 0.3) is 0 Å². The van der Waals surface area contributed by atoms with Gasteiger partial charge in [-0.05, 0) is 0 Å². The molecule has 0 radical (unpaired) electrons. The molecule has 0 spiro atoms. The van der Waals surface area contributed by atoms with Gasteiger partial charge in [0, 0.05) is 20.1 Å². The normalized spacial score (nSPS) is 28.2. The van der Waals surface area contributed by atoms with E-state index in [-0.39, 0.29) is 0 Å². The van der Waals surface area contributed by atoms with E-state index in [2.05, 4.69) is 5.10 Å². The number of aliphatic hydroxyl groups is 1. The van der Waals surface area contributed by atoms with Crippen molar-refractivity contribution in [2.24, 2.45) is 7.05 Å². The van der Waals surface area contributed by atoms with E-state index >= 15 is 0 Å². The van der Waals surface area contributed by atoms with Crippen molar-refractivity contribution in [1.82, 2.24) is 9.78 Å². The second-order valence-corrected chi connectivity index (χ2v) is 3.71. The summed E-state index contributed by atoms with van der Waals surface area (Å²) < 4.78 is 6.74. The minimum absolute atomic E-state index is 0.298. The van der Waals surface area contributed by atoms with Crippen molar-refractivity contribution in [2.45, 2.75) is 12.0 Å². The Balaban J connectivity index is 2.43. The second-order valence-electron chi connectivity index (χ2n) is 3.30. The predicted octanol–water partition coefficient (Wildman–Crippen LogP) is 0.681. The molecule has 1 saturated heterocycles. The predicted molar refractivity (Wildman–Crippen MR) is 47.6 cm³/mol. The molecule has 72 valence electrons. The van der Waals surface area contributed by atoms with Crippen LogP contribution in [-0.2, 0) is 17.4 Å². The number of aromatic nitrogens is 2. The highest BCUT2D eigenvalue weighted by molar-refractivity contribution is 6.31. The van der Waals surface area contributed by atoms with Crippen molar-refractivity contribution in [2.75, 3.05) is 13.2 Å². The Morgan fingerprint density at radius 2 is 2.54 bits per heavy atom. The molecule has 0 bridgehead atoms. The van der Waals surface area contributed by atoms with Gasteiger partial charge in [-0.15, -0.1) is 0 Å². The first-order valence-corrected chi connectivity index (χ1v) is 4.49. The van der Waals surface area contributed by atoms with E-state index in [1.165, 1.54) is 6.20 Å². The minimum Gasteiger partial charge on any atom is -0.381 e. The molecule has 5 heteroatoms. The van der Waals surface area contributed by atoms with E-state index in [4.69, 9.17) is 16.3 Å². The fourth-order valence-corrected chi connectivity index (χ4v) is 2.02. The fourth-order valence-electron chi connectivity index (χ4n) is 1.68. The molecular formula is C8H11ClN2O2. The van der Waals surface area contributed by atoms with Crippen molar-refractivity contribution in [1.29, 1.82) is 0 Å². The number of ether oxygens (including phenoxy) is 1. The average molecular weight is 203 g/mol. The third kappa shape index (κ3) is 1.35. The van der Waals surface area contributed by atoms with Crippen molar-refractivity contribution >= 4 is 11.6 Å². The molecule has 1 aromatic heterocycles. The Kier molecular flexibility index (Phi) is 2.06. The topological polar surface area (TPSA) is 47.3 Å². The van der Waals surface area contributed by atoms with E-state index in [0.29, 0.717) is 30.4 Å². The smallest absolute Gasteiger partial charge is 0.133 e. The van der Waals surface area contributed by atoms with Gasteiger partial charge < -0.3 is 9.84 Å². The molecule has 0 saturated carbocycles. The van der Waals surface area contributed by atoms with Crippen LogP contribution in [0.4, 0.5) is 0 Å². The zero-order chi connectivity index (χ0) is 9.47. The molecule has 1 aromatic rings. The molecular weight excluding hydrogens is 192 g/mol. The largest absolute Gasteiger partial charge is 0.381 e. The molecule has 0 aliphatic carbocycles. The first kappa shape index (κ1) is 8.99. The third-order valence-corrected chi connectivity index (χ3v) is 2.61. The first-order chi connectivity index (χ1) is 6.13. The molecule has 0 aromatic carbocycles. The lowest BCUT2D eigenvalue weighted by Crippen LogP contribution is -2.29. The van der Waals surface area contributed by atoms with E-state index in [1.807, 2.05) is 0 Å². The molecule has 13 heavy (non-hydrogen) atoms. The van der Waals surface area contributed by atoms with Gasteiger partial charge >= 0.3 is 0 Å². The Hall–Kier alpha value is -0.580. The lowest BCUT2D eigenvalue weighted by molar-refractivity contribution is 0.0163. The van der Waals surface area contributed by atoms with Crippen LogP contribution in [0.1, 0.15) is 12.1 Å². The number of rotatable bonds is 1. The van der Waals surface area contributed by atoms with E-state index < -0.39 is 5.60 Å². The van der Waals surface area contributed by atoms with Crippen molar-refractivity contribution < 1.29 is 9.84 Å². The van der Waals surface area contributed by atoms with E-state index in [1.54, 1.807) is 11.7 Å². The lowest BCUT2D eigenvalue weighted by atomic mass is 9.99. The molecule has 0 amide bonds. The number of hydrogen-bond acceptors (Lipinski definition) is 3. The number of aryl methyl sites for hydroxylation is 1. The standard InChI is InChI=1S/C8H11ClN2O2/c1-11-7(6(9)4-10-11)8(12)2-3-13-5-8/h4,12H,2-3,5H2,1H3. The first-order valence-electron chi connectivity index (χ1n) is 4.11. The van der Waals surface area contributed by atoms with Crippen LogP contribution in [0.2, 0.25) is 5.02 Å². The highest BCUT2D eigenvalue weighted by Gasteiger charge is 2.38. The fraction of sp³-hybridized carbons (Fsp3) is 0.625. The summed E-state index contributed by atoms with van der Waals surface area (Å²) in [6.07, 6.45) is 2.11. The third-order valence-electron chi connectivity index (χ3n) is 2.34. The van der Waals surface area contributed by atoms with Crippen molar-refractivity contribution in [3.63, 3.8) is 0 Å². The van der Waals surface area contributed by atoms with Gasteiger partial charge in [0.15, 0.2) is 0 Å². The summed E-state index contributed by atoms with van der Waals surface area (Å²) >= 11 is 5.92. The highest BCUT2D eigenvalue weighted by Crippen LogP contribution is 2.34. The Bertz CT molecular complexity index is 298. The molecule has 4 nitrogen and oxygen atoms in total. The van der Waals surface area contributed by atoms with E-state index in [0.717, 1.165) is 0 Å². The quantitative estimate of drug-likeness (QED) is 0.729. The molecule has 1 aliphatic rings. The molecule has 1 N–H and O–H groups in total. The number of hydrogen-bond donors (Lipinski definition) is 1. The maximum atomic E-state index is 10.1. The van der Waals surface area contributed by atoms with Crippen LogP contribution in [-0.4, -0.2) is 28.1 Å². The van der Waals surface area contributed by atoms with Gasteiger partial charge in [0.1, 0.15) is 5.60 Å². The van der Waals surface area contributed by atoms with Gasteiger partial charge in [0.25, 0.3) is 0 Å². The van der Waals surface area contributed by atoms with Gasteiger partial charge in [-0.3, -0.25) is 4.68 Å². The average Bonchev–Trinajstić information content (AvgIpc) is 2.60. The summed E-state index contributed by atoms with van der Waals surface area (Å²) in [5, 5.41) is 14.6. The zero-order valence-electron chi connectivity index (χ0n) is 7.33. The molecule has 1 atom stereocenters. The van der Waals surface area contributed by atoms with E-state index in [9.17, 15) is 5.11 Å². The lowest BCUT2D eigenvalue weighted by Gasteiger charge is -2.20. The van der Waals surface area contributed by atoms with Crippen LogP contribution in [0.15, 0.2) is 6.20 Å². The SMILES string of the molecule is Cn1ncc(Cl)c1C1(O)CCOC1. The highest BCUT2D eigenvalue weighted by atomic mass is 35.5. The van der Waals surface area contributed by atoms with Crippen molar-refractivity contribution in [3.05, 3.63) is 16.9 Å². The maximum absolute atomic E-state index is 10.1. The van der Waals surface area contributed by atoms with Gasteiger partial charge in [0.2, 0.25) is 0 Å². The van der Waals surface area contributed by atoms with Gasteiger partial charge in [-0.25, -0.2) is 0 Å². The summed E-state index contributed by atoms with van der Waals surface area (Å²) in [7, 11) is 1.76. The summed E-state index contributed by atoms with van der Waals surface area (Å²) in [4.78, 5) is 0. The minimum atomic E-state index is -0.956. The molecule has 2 heterocycles. The summed E-state index contributed by atoms with van der Waals surface area (Å²) in [5.74, 6) is 0. The second kappa shape index (κ2) is 2.97. The monoisotopic (exact) mass is 202 g/mol. The van der Waals surface area contributed by atoms with Crippen LogP contribution >= 0.6 is 11.6 Å². The van der Waals surface area contributed by atoms with Crippen LogP contribution in [0.5, 0.6) is 0 Å². The molecule has 1 fully saturated rings.